The molecule has 0 saturated carbocycles. The molecule has 0 fully saturated rings. The van der Waals surface area contributed by atoms with Gasteiger partial charge in [0.15, 0.2) is 0 Å². The number of halogens is 1. The van der Waals surface area contributed by atoms with Crippen molar-refractivity contribution in [3.63, 3.8) is 0 Å². The van der Waals surface area contributed by atoms with Crippen molar-refractivity contribution in [3.05, 3.63) is 74.4 Å². The molecule has 1 aromatic heterocycles. The normalized spacial score (nSPS) is 12.1. The van der Waals surface area contributed by atoms with E-state index in [2.05, 4.69) is 5.32 Å². The zero-order chi connectivity index (χ0) is 20.3. The van der Waals surface area contributed by atoms with Crippen molar-refractivity contribution < 1.29 is 9.53 Å². The van der Waals surface area contributed by atoms with Crippen LogP contribution in [0.1, 0.15) is 13.0 Å². The number of hydrogen-bond donors (Lipinski definition) is 1. The molecule has 28 heavy (non-hydrogen) atoms. The number of benzene rings is 2. The van der Waals surface area contributed by atoms with Crippen LogP contribution in [-0.4, -0.2) is 35.3 Å². The van der Waals surface area contributed by atoms with Crippen molar-refractivity contribution in [2.75, 3.05) is 20.3 Å². The average molecular weight is 402 g/mol. The van der Waals surface area contributed by atoms with Crippen LogP contribution >= 0.6 is 11.6 Å². The van der Waals surface area contributed by atoms with Crippen LogP contribution in [-0.2, 0) is 9.53 Å². The fourth-order valence-electron chi connectivity index (χ4n) is 3.04. The van der Waals surface area contributed by atoms with Gasteiger partial charge in [-0.25, -0.2) is 9.36 Å². The maximum atomic E-state index is 13.3. The van der Waals surface area contributed by atoms with Crippen LogP contribution in [0.2, 0.25) is 5.02 Å². The first kappa shape index (κ1) is 19.9. The van der Waals surface area contributed by atoms with E-state index in [1.54, 1.807) is 55.5 Å². The first-order chi connectivity index (χ1) is 13.5. The van der Waals surface area contributed by atoms with Gasteiger partial charge in [0.25, 0.3) is 5.56 Å². The second-order valence-corrected chi connectivity index (χ2v) is 6.63. The lowest BCUT2D eigenvalue weighted by Gasteiger charge is -2.20. The molecule has 1 atom stereocenters. The van der Waals surface area contributed by atoms with Gasteiger partial charge in [-0.05, 0) is 31.2 Å². The minimum atomic E-state index is -0.844. The van der Waals surface area contributed by atoms with E-state index in [1.165, 1.54) is 11.7 Å². The van der Waals surface area contributed by atoms with Crippen LogP contribution in [0.5, 0.6) is 0 Å². The standard InChI is InChI=1S/C20H20ClN3O4/c1-13(18(25)22-11-12-28-2)23-16-9-5-3-7-14(16)19(26)24(20(23)27)17-10-6-4-8-15(17)21/h3-10,13H,11-12H2,1-2H3,(H,22,25)/t13-/m1/s1. The summed E-state index contributed by atoms with van der Waals surface area (Å²) in [5.74, 6) is -0.353. The maximum Gasteiger partial charge on any atom is 0.336 e. The van der Waals surface area contributed by atoms with Gasteiger partial charge < -0.3 is 10.1 Å². The zero-order valence-electron chi connectivity index (χ0n) is 15.5. The number of hydrogen-bond acceptors (Lipinski definition) is 4. The van der Waals surface area contributed by atoms with Crippen LogP contribution in [0.25, 0.3) is 16.6 Å². The molecule has 0 aliphatic rings. The number of carbonyl (C=O) groups is 1. The Kier molecular flexibility index (Phi) is 5.96. The number of ether oxygens (including phenoxy) is 1. The Labute approximate surface area is 166 Å². The molecule has 146 valence electrons. The number of nitrogens with zero attached hydrogens (tertiary/aromatic N) is 2. The van der Waals surface area contributed by atoms with Crippen molar-refractivity contribution in [1.82, 2.24) is 14.5 Å². The molecular weight excluding hydrogens is 382 g/mol. The van der Waals surface area contributed by atoms with Gasteiger partial charge in [0.05, 0.1) is 28.2 Å². The Bertz CT molecular complexity index is 1140. The highest BCUT2D eigenvalue weighted by atomic mass is 35.5. The summed E-state index contributed by atoms with van der Waals surface area (Å²) in [6.07, 6.45) is 0. The predicted octanol–water partition coefficient (Wildman–Crippen LogP) is 2.13. The van der Waals surface area contributed by atoms with E-state index in [-0.39, 0.29) is 16.6 Å². The summed E-state index contributed by atoms with van der Waals surface area (Å²) in [4.78, 5) is 38.9. The van der Waals surface area contributed by atoms with Crippen LogP contribution in [0.3, 0.4) is 0 Å². The van der Waals surface area contributed by atoms with E-state index in [4.69, 9.17) is 16.3 Å². The summed E-state index contributed by atoms with van der Waals surface area (Å²) >= 11 is 6.23. The zero-order valence-corrected chi connectivity index (χ0v) is 16.3. The van der Waals surface area contributed by atoms with Crippen LogP contribution in [0.4, 0.5) is 0 Å². The Balaban J connectivity index is 2.26. The average Bonchev–Trinajstić information content (AvgIpc) is 2.69. The van der Waals surface area contributed by atoms with Gasteiger partial charge in [-0.2, -0.15) is 0 Å². The molecule has 0 bridgehead atoms. The lowest BCUT2D eigenvalue weighted by molar-refractivity contribution is -0.124. The number of nitrogens with one attached hydrogen (secondary N) is 1. The van der Waals surface area contributed by atoms with Gasteiger partial charge in [-0.15, -0.1) is 0 Å². The third-order valence-corrected chi connectivity index (χ3v) is 4.78. The molecule has 0 aliphatic carbocycles. The van der Waals surface area contributed by atoms with E-state index in [0.29, 0.717) is 24.1 Å². The topological polar surface area (TPSA) is 82.3 Å². The molecular formula is C20H20ClN3O4. The number of methoxy groups -OCH3 is 1. The summed E-state index contributed by atoms with van der Waals surface area (Å²) in [6, 6.07) is 12.4. The van der Waals surface area contributed by atoms with Gasteiger partial charge in [0, 0.05) is 13.7 Å². The molecule has 3 rings (SSSR count). The van der Waals surface area contributed by atoms with E-state index in [0.717, 1.165) is 4.57 Å². The minimum Gasteiger partial charge on any atom is -0.383 e. The highest BCUT2D eigenvalue weighted by molar-refractivity contribution is 6.32. The third kappa shape index (κ3) is 3.58. The highest BCUT2D eigenvalue weighted by Crippen LogP contribution is 2.19. The largest absolute Gasteiger partial charge is 0.383 e. The number of carbonyl (C=O) groups excluding carboxylic acids is 1. The van der Waals surface area contributed by atoms with E-state index in [1.807, 2.05) is 0 Å². The minimum absolute atomic E-state index is 0.265. The van der Waals surface area contributed by atoms with Crippen LogP contribution < -0.4 is 16.6 Å². The molecule has 0 spiro atoms. The number of aromatic nitrogens is 2. The van der Waals surface area contributed by atoms with Gasteiger partial charge in [0.1, 0.15) is 6.04 Å². The summed E-state index contributed by atoms with van der Waals surface area (Å²) < 4.78 is 7.25. The fraction of sp³-hybridized carbons (Fsp3) is 0.250. The smallest absolute Gasteiger partial charge is 0.336 e. The van der Waals surface area contributed by atoms with E-state index in [9.17, 15) is 14.4 Å². The summed E-state index contributed by atoms with van der Waals surface area (Å²) in [6.45, 7) is 2.28. The molecule has 8 heteroatoms. The van der Waals surface area contributed by atoms with Crippen molar-refractivity contribution in [2.45, 2.75) is 13.0 Å². The summed E-state index contributed by atoms with van der Waals surface area (Å²) in [7, 11) is 1.53. The van der Waals surface area contributed by atoms with Gasteiger partial charge in [-0.3, -0.25) is 14.2 Å². The first-order valence-corrected chi connectivity index (χ1v) is 9.13. The van der Waals surface area contributed by atoms with Gasteiger partial charge in [0.2, 0.25) is 5.91 Å². The maximum absolute atomic E-state index is 13.3. The Morgan fingerprint density at radius 1 is 1.14 bits per heavy atom. The lowest BCUT2D eigenvalue weighted by Crippen LogP contribution is -2.44. The molecule has 3 aromatic rings. The second-order valence-electron chi connectivity index (χ2n) is 6.22. The van der Waals surface area contributed by atoms with E-state index >= 15 is 0 Å². The van der Waals surface area contributed by atoms with Gasteiger partial charge in [-0.1, -0.05) is 35.9 Å². The second kappa shape index (κ2) is 8.41. The molecule has 0 unspecified atom stereocenters. The SMILES string of the molecule is COCCNC(=O)[C@@H](C)n1c(=O)n(-c2ccccc2Cl)c(=O)c2ccccc21. The summed E-state index contributed by atoms with van der Waals surface area (Å²) in [5, 5.41) is 3.30. The lowest BCUT2D eigenvalue weighted by atomic mass is 10.2. The molecule has 0 aliphatic heterocycles. The van der Waals surface area contributed by atoms with Crippen LogP contribution in [0, 0.1) is 0 Å². The molecule has 2 aromatic carbocycles. The molecule has 0 saturated heterocycles. The molecule has 1 N–H and O–H groups in total. The Morgan fingerprint density at radius 2 is 1.82 bits per heavy atom. The van der Waals surface area contributed by atoms with Crippen molar-refractivity contribution in [2.24, 2.45) is 0 Å². The van der Waals surface area contributed by atoms with Gasteiger partial charge >= 0.3 is 5.69 Å². The molecule has 0 radical (unpaired) electrons. The fourth-order valence-corrected chi connectivity index (χ4v) is 3.26. The Hall–Kier alpha value is -2.90. The first-order valence-electron chi connectivity index (χ1n) is 8.75. The van der Waals surface area contributed by atoms with Crippen molar-refractivity contribution in [3.8, 4) is 5.69 Å². The van der Waals surface area contributed by atoms with Crippen LogP contribution in [0.15, 0.2) is 58.1 Å². The van der Waals surface area contributed by atoms with E-state index < -0.39 is 17.3 Å². The number of rotatable bonds is 6. The molecule has 1 amide bonds. The molecule has 7 nitrogen and oxygen atoms in total. The highest BCUT2D eigenvalue weighted by Gasteiger charge is 2.23. The number of para-hydroxylation sites is 2. The summed E-state index contributed by atoms with van der Waals surface area (Å²) in [5.41, 5.74) is -0.469. The number of fused-ring (bicyclic) bond motifs is 1. The quantitative estimate of drug-likeness (QED) is 0.641. The third-order valence-electron chi connectivity index (χ3n) is 4.46. The van der Waals surface area contributed by atoms with Crippen molar-refractivity contribution >= 4 is 28.4 Å². The van der Waals surface area contributed by atoms with Crippen molar-refractivity contribution in [1.29, 1.82) is 0 Å². The molecule has 1 heterocycles. The predicted molar refractivity (Wildman–Crippen MR) is 108 cm³/mol. The Morgan fingerprint density at radius 3 is 2.54 bits per heavy atom. The monoisotopic (exact) mass is 401 g/mol. The number of amides is 1.